The van der Waals surface area contributed by atoms with Gasteiger partial charge in [-0.05, 0) is 67.5 Å². The molecule has 2 aromatic rings. The summed E-state index contributed by atoms with van der Waals surface area (Å²) in [6.07, 6.45) is 3.22. The Kier molecular flexibility index (Phi) is 3.71. The summed E-state index contributed by atoms with van der Waals surface area (Å²) in [5.41, 5.74) is 0.631. The van der Waals surface area contributed by atoms with Crippen molar-refractivity contribution in [3.63, 3.8) is 0 Å². The van der Waals surface area contributed by atoms with E-state index in [2.05, 4.69) is 0 Å². The molecule has 2 bridgehead atoms. The van der Waals surface area contributed by atoms with Crippen LogP contribution in [0, 0.1) is 23.7 Å². The summed E-state index contributed by atoms with van der Waals surface area (Å²) in [6.45, 7) is 0. The van der Waals surface area contributed by atoms with E-state index in [1.165, 1.54) is 4.90 Å². The average molecular weight is 363 g/mol. The number of ether oxygens (including phenoxy) is 2. The maximum Gasteiger partial charge on any atom is 0.237 e. The Bertz CT molecular complexity index is 879. The first-order chi connectivity index (χ1) is 13.2. The second kappa shape index (κ2) is 6.12. The van der Waals surface area contributed by atoms with E-state index in [1.807, 2.05) is 24.3 Å². The predicted octanol–water partition coefficient (Wildman–Crippen LogP) is 4.02. The van der Waals surface area contributed by atoms with Crippen molar-refractivity contribution in [1.29, 1.82) is 0 Å². The summed E-state index contributed by atoms with van der Waals surface area (Å²) in [6, 6.07) is 14.5. The number of carbonyl (C=O) groups is 2. The number of methoxy groups -OCH3 is 1. The molecule has 0 spiro atoms. The van der Waals surface area contributed by atoms with Gasteiger partial charge in [-0.1, -0.05) is 12.1 Å². The number of nitrogens with zero attached hydrogens (tertiary/aromatic N) is 1. The first-order valence-corrected chi connectivity index (χ1v) is 9.46. The topological polar surface area (TPSA) is 55.8 Å². The van der Waals surface area contributed by atoms with Gasteiger partial charge < -0.3 is 9.47 Å². The van der Waals surface area contributed by atoms with Gasteiger partial charge in [-0.2, -0.15) is 0 Å². The zero-order valence-corrected chi connectivity index (χ0v) is 15.1. The van der Waals surface area contributed by atoms with Gasteiger partial charge in [-0.25, -0.2) is 0 Å². The molecule has 0 N–H and O–H groups in total. The summed E-state index contributed by atoms with van der Waals surface area (Å²) in [7, 11) is 1.60. The minimum Gasteiger partial charge on any atom is -0.493 e. The predicted molar refractivity (Wildman–Crippen MR) is 99.8 cm³/mol. The number of benzene rings is 2. The maximum atomic E-state index is 12.9. The number of anilines is 1. The summed E-state index contributed by atoms with van der Waals surface area (Å²) in [5, 5.41) is 0. The Morgan fingerprint density at radius 1 is 0.852 bits per heavy atom. The number of rotatable bonds is 4. The van der Waals surface area contributed by atoms with Crippen LogP contribution in [0.4, 0.5) is 5.69 Å². The molecule has 5 rings (SSSR count). The van der Waals surface area contributed by atoms with E-state index in [-0.39, 0.29) is 23.7 Å². The largest absolute Gasteiger partial charge is 0.493 e. The van der Waals surface area contributed by atoms with Crippen molar-refractivity contribution in [3.05, 3.63) is 48.5 Å². The molecule has 0 aromatic heterocycles. The van der Waals surface area contributed by atoms with Crippen molar-refractivity contribution >= 4 is 17.5 Å². The van der Waals surface area contributed by atoms with Gasteiger partial charge in [0.1, 0.15) is 5.75 Å². The number of hydrogen-bond donors (Lipinski definition) is 0. The third kappa shape index (κ3) is 2.45. The normalized spacial score (nSPS) is 28.6. The van der Waals surface area contributed by atoms with Crippen molar-refractivity contribution < 1.29 is 19.1 Å². The van der Waals surface area contributed by atoms with Crippen LogP contribution in [0.2, 0.25) is 0 Å². The molecule has 138 valence electrons. The Labute approximate surface area is 157 Å². The first kappa shape index (κ1) is 16.4. The summed E-state index contributed by atoms with van der Waals surface area (Å²) >= 11 is 0. The Morgan fingerprint density at radius 2 is 1.44 bits per heavy atom. The lowest BCUT2D eigenvalue weighted by Crippen LogP contribution is -2.32. The minimum absolute atomic E-state index is 0.0180. The molecule has 5 nitrogen and oxygen atoms in total. The molecule has 3 aliphatic rings. The second-order valence-electron chi connectivity index (χ2n) is 7.64. The summed E-state index contributed by atoms with van der Waals surface area (Å²) < 4.78 is 11.2. The summed E-state index contributed by atoms with van der Waals surface area (Å²) in [5.74, 6) is 2.46. The first-order valence-electron chi connectivity index (χ1n) is 9.46. The van der Waals surface area contributed by atoms with E-state index in [4.69, 9.17) is 9.47 Å². The third-order valence-electron chi connectivity index (χ3n) is 6.32. The highest BCUT2D eigenvalue weighted by Crippen LogP contribution is 2.56. The molecule has 0 radical (unpaired) electrons. The highest BCUT2D eigenvalue weighted by Gasteiger charge is 2.61. The van der Waals surface area contributed by atoms with Crippen molar-refractivity contribution in [2.24, 2.45) is 23.7 Å². The van der Waals surface area contributed by atoms with Gasteiger partial charge >= 0.3 is 0 Å². The van der Waals surface area contributed by atoms with Crippen LogP contribution in [0.15, 0.2) is 48.5 Å². The molecular weight excluding hydrogens is 342 g/mol. The summed E-state index contributed by atoms with van der Waals surface area (Å²) in [4.78, 5) is 27.2. The lowest BCUT2D eigenvalue weighted by molar-refractivity contribution is -0.123. The zero-order chi connectivity index (χ0) is 18.5. The smallest absolute Gasteiger partial charge is 0.237 e. The molecule has 1 saturated heterocycles. The molecule has 2 saturated carbocycles. The van der Waals surface area contributed by atoms with Crippen LogP contribution in [-0.2, 0) is 9.59 Å². The fourth-order valence-corrected chi connectivity index (χ4v) is 5.16. The molecule has 27 heavy (non-hydrogen) atoms. The number of imide groups is 1. The maximum absolute atomic E-state index is 12.9. The van der Waals surface area contributed by atoms with Gasteiger partial charge in [0.25, 0.3) is 0 Å². The average Bonchev–Trinajstić information content (AvgIpc) is 3.37. The number of carbonyl (C=O) groups excluding carboxylic acids is 2. The molecule has 1 aliphatic heterocycles. The van der Waals surface area contributed by atoms with Crippen LogP contribution in [0.1, 0.15) is 19.3 Å². The molecule has 3 fully saturated rings. The minimum atomic E-state index is -0.0965. The highest BCUT2D eigenvalue weighted by atomic mass is 16.5. The fourth-order valence-electron chi connectivity index (χ4n) is 5.16. The molecular formula is C22H21NO4. The van der Waals surface area contributed by atoms with Crippen molar-refractivity contribution in [1.82, 2.24) is 0 Å². The zero-order valence-electron chi connectivity index (χ0n) is 15.1. The van der Waals surface area contributed by atoms with Crippen molar-refractivity contribution in [2.45, 2.75) is 19.3 Å². The van der Waals surface area contributed by atoms with Crippen molar-refractivity contribution in [3.8, 4) is 17.2 Å². The number of hydrogen-bond acceptors (Lipinski definition) is 4. The number of fused-ring (bicyclic) bond motifs is 5. The van der Waals surface area contributed by atoms with E-state index < -0.39 is 0 Å². The molecule has 0 unspecified atom stereocenters. The SMILES string of the molecule is COc1ccccc1Oc1ccc(N2C(=O)[C@@H]3[C@H]4CC[C@@H](C4)[C@H]3C2=O)cc1. The van der Waals surface area contributed by atoms with Crippen LogP contribution < -0.4 is 14.4 Å². The van der Waals surface area contributed by atoms with Gasteiger partial charge in [0.2, 0.25) is 11.8 Å². The van der Waals surface area contributed by atoms with Crippen LogP contribution >= 0.6 is 0 Å². The number of amides is 2. The van der Waals surface area contributed by atoms with Crippen LogP contribution in [-0.4, -0.2) is 18.9 Å². The highest BCUT2D eigenvalue weighted by molar-refractivity contribution is 6.22. The quantitative estimate of drug-likeness (QED) is 0.770. The van der Waals surface area contributed by atoms with E-state index >= 15 is 0 Å². The Morgan fingerprint density at radius 3 is 2.04 bits per heavy atom. The van der Waals surface area contributed by atoms with Crippen LogP contribution in [0.3, 0.4) is 0 Å². The van der Waals surface area contributed by atoms with Crippen LogP contribution in [0.25, 0.3) is 0 Å². The standard InChI is InChI=1S/C22H21NO4/c1-26-17-4-2-3-5-18(17)27-16-10-8-15(9-11-16)23-21(24)19-13-6-7-14(12-13)20(19)22(23)25/h2-5,8-11,13-14,19-20H,6-7,12H2,1H3/t13-,14-,19+,20+/m0/s1. The monoisotopic (exact) mass is 363 g/mol. The van der Waals surface area contributed by atoms with Crippen LogP contribution in [0.5, 0.6) is 17.2 Å². The van der Waals surface area contributed by atoms with E-state index in [0.29, 0.717) is 34.8 Å². The molecule has 2 aromatic carbocycles. The number of para-hydroxylation sites is 2. The van der Waals surface area contributed by atoms with Gasteiger partial charge in [0.05, 0.1) is 24.6 Å². The van der Waals surface area contributed by atoms with Gasteiger partial charge in [0, 0.05) is 0 Å². The van der Waals surface area contributed by atoms with Gasteiger partial charge in [-0.15, -0.1) is 0 Å². The molecule has 4 atom stereocenters. The Balaban J connectivity index is 1.38. The molecule has 5 heteroatoms. The van der Waals surface area contributed by atoms with Crippen molar-refractivity contribution in [2.75, 3.05) is 12.0 Å². The van der Waals surface area contributed by atoms with Gasteiger partial charge in [-0.3, -0.25) is 14.5 Å². The van der Waals surface area contributed by atoms with E-state index in [1.54, 1.807) is 31.4 Å². The van der Waals surface area contributed by atoms with Gasteiger partial charge in [0.15, 0.2) is 11.5 Å². The lowest BCUT2D eigenvalue weighted by Gasteiger charge is -2.19. The molecule has 2 aliphatic carbocycles. The van der Waals surface area contributed by atoms with E-state index in [9.17, 15) is 9.59 Å². The Hall–Kier alpha value is -2.82. The fraction of sp³-hybridized carbons (Fsp3) is 0.364. The third-order valence-corrected chi connectivity index (χ3v) is 6.32. The second-order valence-corrected chi connectivity index (χ2v) is 7.64. The lowest BCUT2D eigenvalue weighted by atomic mass is 9.81. The molecule has 2 amide bonds. The molecule has 1 heterocycles. The van der Waals surface area contributed by atoms with E-state index in [0.717, 1.165) is 19.3 Å².